The molecule has 6 heteroatoms. The summed E-state index contributed by atoms with van der Waals surface area (Å²) in [6, 6.07) is 21.0. The molecule has 0 aliphatic rings. The number of carbonyl (C=O) groups is 2. The number of rotatable bonds is 10. The minimum atomic E-state index is -0.574. The first-order valence-corrected chi connectivity index (χ1v) is 12.2. The topological polar surface area (TPSA) is 58.6 Å². The van der Waals surface area contributed by atoms with Crippen LogP contribution < -0.4 is 10.1 Å². The molecule has 2 atom stereocenters. The Morgan fingerprint density at radius 2 is 1.67 bits per heavy atom. The Kier molecular flexibility index (Phi) is 8.89. The highest BCUT2D eigenvalue weighted by atomic mass is 79.9. The highest BCUT2D eigenvalue weighted by molar-refractivity contribution is 9.10. The lowest BCUT2D eigenvalue weighted by molar-refractivity contribution is -0.143. The highest BCUT2D eigenvalue weighted by Gasteiger charge is 2.29. The molecule has 174 valence electrons. The van der Waals surface area contributed by atoms with E-state index in [0.29, 0.717) is 18.7 Å². The van der Waals surface area contributed by atoms with Gasteiger partial charge in [0.25, 0.3) is 5.91 Å². The summed E-state index contributed by atoms with van der Waals surface area (Å²) in [5, 5.41) is 5.12. The van der Waals surface area contributed by atoms with Crippen LogP contribution in [0.2, 0.25) is 0 Å². The highest BCUT2D eigenvalue weighted by Crippen LogP contribution is 2.33. The van der Waals surface area contributed by atoms with Gasteiger partial charge >= 0.3 is 0 Å². The van der Waals surface area contributed by atoms with Gasteiger partial charge < -0.3 is 15.0 Å². The maximum Gasteiger partial charge on any atom is 0.261 e. The Hall–Kier alpha value is -2.86. The Bertz CT molecular complexity index is 1090. The van der Waals surface area contributed by atoms with E-state index in [1.54, 1.807) is 4.90 Å². The van der Waals surface area contributed by atoms with Gasteiger partial charge in [-0.1, -0.05) is 74.5 Å². The van der Waals surface area contributed by atoms with E-state index >= 15 is 0 Å². The van der Waals surface area contributed by atoms with Crippen LogP contribution in [-0.2, 0) is 16.1 Å². The Labute approximate surface area is 204 Å². The van der Waals surface area contributed by atoms with Gasteiger partial charge in [-0.25, -0.2) is 0 Å². The molecule has 3 aromatic rings. The summed E-state index contributed by atoms with van der Waals surface area (Å²) in [6.45, 7) is 6.10. The molecule has 0 saturated carbocycles. The van der Waals surface area contributed by atoms with Crippen LogP contribution in [0.25, 0.3) is 10.8 Å². The van der Waals surface area contributed by atoms with Gasteiger partial charge in [-0.3, -0.25) is 9.59 Å². The van der Waals surface area contributed by atoms with Crippen LogP contribution in [0.4, 0.5) is 0 Å². The molecule has 0 fully saturated rings. The average Bonchev–Trinajstić information content (AvgIpc) is 2.84. The first kappa shape index (κ1) is 24.8. The maximum atomic E-state index is 13.4. The summed E-state index contributed by atoms with van der Waals surface area (Å²) in [4.78, 5) is 28.0. The molecule has 0 aliphatic carbocycles. The number of nitrogens with zero attached hydrogens (tertiary/aromatic N) is 1. The van der Waals surface area contributed by atoms with Crippen molar-refractivity contribution >= 4 is 38.5 Å². The van der Waals surface area contributed by atoms with Gasteiger partial charge in [-0.2, -0.15) is 0 Å². The molecule has 0 spiro atoms. The van der Waals surface area contributed by atoms with Gasteiger partial charge in [-0.05, 0) is 58.1 Å². The molecular weight excluding hydrogens is 480 g/mol. The van der Waals surface area contributed by atoms with E-state index in [-0.39, 0.29) is 24.5 Å². The number of halogens is 1. The fraction of sp³-hybridized carbons (Fsp3) is 0.333. The van der Waals surface area contributed by atoms with Crippen LogP contribution in [0.3, 0.4) is 0 Å². The van der Waals surface area contributed by atoms with Crippen LogP contribution in [-0.4, -0.2) is 35.4 Å². The third kappa shape index (κ3) is 6.35. The van der Waals surface area contributed by atoms with E-state index in [2.05, 4.69) is 21.2 Å². The van der Waals surface area contributed by atoms with Crippen molar-refractivity contribution in [3.05, 3.63) is 76.8 Å². The number of benzene rings is 3. The second kappa shape index (κ2) is 11.8. The second-order valence-corrected chi connectivity index (χ2v) is 8.93. The largest absolute Gasteiger partial charge is 0.483 e. The van der Waals surface area contributed by atoms with E-state index in [0.717, 1.165) is 27.2 Å². The molecule has 0 radical (unpaired) electrons. The molecule has 3 aromatic carbocycles. The maximum absolute atomic E-state index is 13.4. The van der Waals surface area contributed by atoms with Crippen molar-refractivity contribution in [1.82, 2.24) is 10.2 Å². The molecule has 2 amide bonds. The smallest absolute Gasteiger partial charge is 0.261 e. The van der Waals surface area contributed by atoms with E-state index in [4.69, 9.17) is 4.74 Å². The molecule has 0 saturated heterocycles. The summed E-state index contributed by atoms with van der Waals surface area (Å²) in [5.74, 6) is 0.229. The second-order valence-electron chi connectivity index (χ2n) is 8.14. The lowest BCUT2D eigenvalue weighted by atomic mass is 10.1. The number of hydrogen-bond acceptors (Lipinski definition) is 3. The third-order valence-corrected chi connectivity index (χ3v) is 6.58. The zero-order chi connectivity index (χ0) is 23.8. The van der Waals surface area contributed by atoms with E-state index in [1.807, 2.05) is 87.5 Å². The molecular formula is C27H31BrN2O3. The Morgan fingerprint density at radius 3 is 2.36 bits per heavy atom. The standard InChI is InChI=1S/C27H31BrN2O3/c1-4-19(3)29-27(32)23(5-2)30(17-20-11-7-6-8-12-20)25(31)18-33-24-16-15-21-13-9-10-14-22(21)26(24)28/h6-16,19,23H,4-5,17-18H2,1-3H3,(H,29,32)/t19-,23-/m1/s1. The fourth-order valence-corrected chi connectivity index (χ4v) is 4.30. The summed E-state index contributed by atoms with van der Waals surface area (Å²) >= 11 is 3.61. The first-order valence-electron chi connectivity index (χ1n) is 11.4. The van der Waals surface area contributed by atoms with Crippen molar-refractivity contribution in [2.45, 2.75) is 52.2 Å². The van der Waals surface area contributed by atoms with Crippen LogP contribution in [0.5, 0.6) is 5.75 Å². The lowest BCUT2D eigenvalue weighted by Crippen LogP contribution is -2.51. The van der Waals surface area contributed by atoms with Crippen molar-refractivity contribution in [3.63, 3.8) is 0 Å². The number of amides is 2. The predicted molar refractivity (Wildman–Crippen MR) is 136 cm³/mol. The van der Waals surface area contributed by atoms with Crippen molar-refractivity contribution in [1.29, 1.82) is 0 Å². The molecule has 33 heavy (non-hydrogen) atoms. The van der Waals surface area contributed by atoms with Gasteiger partial charge in [0.1, 0.15) is 11.8 Å². The van der Waals surface area contributed by atoms with E-state index in [1.165, 1.54) is 0 Å². The number of hydrogen-bond donors (Lipinski definition) is 1. The van der Waals surface area contributed by atoms with Crippen molar-refractivity contribution in [3.8, 4) is 5.75 Å². The lowest BCUT2D eigenvalue weighted by Gasteiger charge is -2.31. The van der Waals surface area contributed by atoms with Gasteiger partial charge in [-0.15, -0.1) is 0 Å². The number of carbonyl (C=O) groups excluding carboxylic acids is 2. The third-order valence-electron chi connectivity index (χ3n) is 5.76. The molecule has 0 aromatic heterocycles. The number of nitrogens with one attached hydrogen (secondary N) is 1. The van der Waals surface area contributed by atoms with Gasteiger partial charge in [0, 0.05) is 12.6 Å². The fourth-order valence-electron chi connectivity index (χ4n) is 3.69. The summed E-state index contributed by atoms with van der Waals surface area (Å²) < 4.78 is 6.74. The molecule has 5 nitrogen and oxygen atoms in total. The normalized spacial score (nSPS) is 12.7. The number of fused-ring (bicyclic) bond motifs is 1. The predicted octanol–water partition coefficient (Wildman–Crippen LogP) is 5.70. The summed E-state index contributed by atoms with van der Waals surface area (Å²) in [7, 11) is 0. The van der Waals surface area contributed by atoms with Crippen LogP contribution >= 0.6 is 15.9 Å². The van der Waals surface area contributed by atoms with Crippen molar-refractivity contribution in [2.24, 2.45) is 0 Å². The Morgan fingerprint density at radius 1 is 0.970 bits per heavy atom. The monoisotopic (exact) mass is 510 g/mol. The molecule has 1 N–H and O–H groups in total. The Balaban J connectivity index is 1.81. The molecule has 0 aliphatic heterocycles. The minimum Gasteiger partial charge on any atom is -0.483 e. The molecule has 0 heterocycles. The van der Waals surface area contributed by atoms with Gasteiger partial charge in [0.05, 0.1) is 4.47 Å². The van der Waals surface area contributed by atoms with Gasteiger partial charge in [0.15, 0.2) is 6.61 Å². The van der Waals surface area contributed by atoms with Crippen LogP contribution in [0.15, 0.2) is 71.2 Å². The molecule has 0 bridgehead atoms. The van der Waals surface area contributed by atoms with Crippen molar-refractivity contribution < 1.29 is 14.3 Å². The molecule has 0 unspecified atom stereocenters. The van der Waals surface area contributed by atoms with E-state index in [9.17, 15) is 9.59 Å². The average molecular weight is 511 g/mol. The first-order chi connectivity index (χ1) is 15.9. The minimum absolute atomic E-state index is 0.0463. The SMILES string of the molecule is CC[C@@H](C)NC(=O)[C@@H](CC)N(Cc1ccccc1)C(=O)COc1ccc2ccccc2c1Br. The number of ether oxygens (including phenoxy) is 1. The summed E-state index contributed by atoms with van der Waals surface area (Å²) in [6.07, 6.45) is 1.34. The molecule has 3 rings (SSSR count). The summed E-state index contributed by atoms with van der Waals surface area (Å²) in [5.41, 5.74) is 0.965. The van der Waals surface area contributed by atoms with Crippen LogP contribution in [0, 0.1) is 0 Å². The van der Waals surface area contributed by atoms with Crippen molar-refractivity contribution in [2.75, 3.05) is 6.61 Å². The zero-order valence-electron chi connectivity index (χ0n) is 19.4. The van der Waals surface area contributed by atoms with Gasteiger partial charge in [0.2, 0.25) is 5.91 Å². The zero-order valence-corrected chi connectivity index (χ0v) is 21.0. The van der Waals surface area contributed by atoms with Crippen LogP contribution in [0.1, 0.15) is 39.2 Å². The quantitative estimate of drug-likeness (QED) is 0.380. The van der Waals surface area contributed by atoms with E-state index < -0.39 is 6.04 Å².